The van der Waals surface area contributed by atoms with Gasteiger partial charge >= 0.3 is 0 Å². The molecule has 2 heterocycles. The number of hydrogen-bond acceptors (Lipinski definition) is 4. The predicted octanol–water partition coefficient (Wildman–Crippen LogP) is 7.41. The molecule has 0 saturated heterocycles. The normalized spacial score (nSPS) is 11.1. The molecule has 3 nitrogen and oxygen atoms in total. The summed E-state index contributed by atoms with van der Waals surface area (Å²) in [6, 6.07) is 16.6. The van der Waals surface area contributed by atoms with Crippen molar-refractivity contribution in [3.8, 4) is 11.1 Å². The van der Waals surface area contributed by atoms with E-state index in [1.165, 1.54) is 28.8 Å². The maximum absolute atomic E-state index is 6.08. The number of anilines is 2. The number of aromatic nitrogens is 2. The Kier molecular flexibility index (Phi) is 5.60. The Morgan fingerprint density at radius 1 is 1.00 bits per heavy atom. The summed E-state index contributed by atoms with van der Waals surface area (Å²) >= 11 is 7.77. The van der Waals surface area contributed by atoms with Gasteiger partial charge in [0, 0.05) is 21.2 Å². The minimum atomic E-state index is 0.735. The van der Waals surface area contributed by atoms with E-state index >= 15 is 0 Å². The highest BCUT2D eigenvalue weighted by Crippen LogP contribution is 2.41. The summed E-state index contributed by atoms with van der Waals surface area (Å²) in [5, 5.41) is 5.29. The Morgan fingerprint density at radius 3 is 2.46 bits per heavy atom. The molecule has 1 N–H and O–H groups in total. The highest BCUT2D eigenvalue weighted by atomic mass is 35.5. The Hall–Kier alpha value is -2.43. The fourth-order valence-electron chi connectivity index (χ4n) is 3.38. The summed E-state index contributed by atoms with van der Waals surface area (Å²) in [5.74, 6) is 0.834. The van der Waals surface area contributed by atoms with Gasteiger partial charge in [0.25, 0.3) is 0 Å². The number of fused-ring (bicyclic) bond motifs is 1. The fourth-order valence-corrected chi connectivity index (χ4v) is 4.51. The van der Waals surface area contributed by atoms with Crippen LogP contribution < -0.4 is 5.32 Å². The summed E-state index contributed by atoms with van der Waals surface area (Å²) in [6.45, 7) is 4.35. The molecular formula is C23H22ClN3S. The second kappa shape index (κ2) is 8.29. The molecule has 0 radical (unpaired) electrons. The molecule has 2 aromatic carbocycles. The zero-order valence-electron chi connectivity index (χ0n) is 16.0. The molecule has 0 fully saturated rings. The van der Waals surface area contributed by atoms with E-state index in [2.05, 4.69) is 65.5 Å². The molecule has 0 aliphatic carbocycles. The van der Waals surface area contributed by atoms with E-state index < -0.39 is 0 Å². The first-order valence-corrected chi connectivity index (χ1v) is 10.7. The van der Waals surface area contributed by atoms with Crippen LogP contribution in [-0.4, -0.2) is 9.97 Å². The van der Waals surface area contributed by atoms with Crippen LogP contribution in [0.2, 0.25) is 5.02 Å². The zero-order chi connectivity index (χ0) is 19.5. The van der Waals surface area contributed by atoms with Gasteiger partial charge in [-0.3, -0.25) is 0 Å². The molecule has 28 heavy (non-hydrogen) atoms. The number of halogens is 1. The molecule has 2 aromatic heterocycles. The summed E-state index contributed by atoms with van der Waals surface area (Å²) in [6.07, 6.45) is 5.18. The Balaban J connectivity index is 1.72. The number of aryl methyl sites for hydroxylation is 2. The van der Waals surface area contributed by atoms with Crippen LogP contribution in [0.15, 0.2) is 54.9 Å². The monoisotopic (exact) mass is 407 g/mol. The number of rotatable bonds is 6. The summed E-state index contributed by atoms with van der Waals surface area (Å²) in [7, 11) is 0. The number of unbranched alkanes of at least 4 members (excludes halogenated alkanes) is 1. The van der Waals surface area contributed by atoms with Crippen LogP contribution in [0.5, 0.6) is 0 Å². The second-order valence-electron chi connectivity index (χ2n) is 6.87. The highest BCUT2D eigenvalue weighted by molar-refractivity contribution is 7.19. The summed E-state index contributed by atoms with van der Waals surface area (Å²) < 4.78 is 0. The third kappa shape index (κ3) is 3.89. The molecule has 0 amide bonds. The molecular weight excluding hydrogens is 386 g/mol. The van der Waals surface area contributed by atoms with Crippen molar-refractivity contribution >= 4 is 44.7 Å². The van der Waals surface area contributed by atoms with Gasteiger partial charge in [-0.2, -0.15) is 0 Å². The SMILES string of the molecule is CCCCc1ccc(Nc2ncnc3sc(C)c(-c4ccc(Cl)cc4)c23)cc1. The van der Waals surface area contributed by atoms with Crippen molar-refractivity contribution in [1.82, 2.24) is 9.97 Å². The molecule has 0 spiro atoms. The van der Waals surface area contributed by atoms with Gasteiger partial charge < -0.3 is 5.32 Å². The van der Waals surface area contributed by atoms with Gasteiger partial charge in [0.15, 0.2) is 0 Å². The lowest BCUT2D eigenvalue weighted by Gasteiger charge is -2.10. The van der Waals surface area contributed by atoms with E-state index in [1.807, 2.05) is 12.1 Å². The zero-order valence-corrected chi connectivity index (χ0v) is 17.6. The van der Waals surface area contributed by atoms with E-state index in [0.29, 0.717) is 0 Å². The number of nitrogens with zero attached hydrogens (tertiary/aromatic N) is 2. The number of hydrogen-bond donors (Lipinski definition) is 1. The maximum Gasteiger partial charge on any atom is 0.143 e. The molecule has 0 unspecified atom stereocenters. The molecule has 0 bridgehead atoms. The lowest BCUT2D eigenvalue weighted by atomic mass is 10.0. The van der Waals surface area contributed by atoms with Crippen LogP contribution in [0.1, 0.15) is 30.2 Å². The van der Waals surface area contributed by atoms with Crippen LogP contribution in [0.25, 0.3) is 21.3 Å². The average Bonchev–Trinajstić information content (AvgIpc) is 3.05. The number of benzene rings is 2. The standard InChI is InChI=1S/C23H22ClN3S/c1-3-4-5-16-6-12-19(13-7-16)27-22-21-20(17-8-10-18(24)11-9-17)15(2)28-23(21)26-14-25-22/h6-14H,3-5H2,1-2H3,(H,25,26,27). The minimum Gasteiger partial charge on any atom is -0.340 e. The third-order valence-electron chi connectivity index (χ3n) is 4.83. The summed E-state index contributed by atoms with van der Waals surface area (Å²) in [5.41, 5.74) is 4.69. The first-order valence-electron chi connectivity index (χ1n) is 9.51. The van der Waals surface area contributed by atoms with Crippen molar-refractivity contribution in [2.24, 2.45) is 0 Å². The number of thiophene rings is 1. The lowest BCUT2D eigenvalue weighted by Crippen LogP contribution is -1.96. The van der Waals surface area contributed by atoms with Gasteiger partial charge in [0.1, 0.15) is 17.0 Å². The van der Waals surface area contributed by atoms with Crippen molar-refractivity contribution in [3.63, 3.8) is 0 Å². The lowest BCUT2D eigenvalue weighted by molar-refractivity contribution is 0.795. The van der Waals surface area contributed by atoms with Crippen molar-refractivity contribution in [1.29, 1.82) is 0 Å². The van der Waals surface area contributed by atoms with Crippen LogP contribution in [0.3, 0.4) is 0 Å². The smallest absolute Gasteiger partial charge is 0.143 e. The topological polar surface area (TPSA) is 37.8 Å². The van der Waals surface area contributed by atoms with E-state index in [0.717, 1.165) is 38.7 Å². The minimum absolute atomic E-state index is 0.735. The molecule has 0 aliphatic rings. The predicted molar refractivity (Wildman–Crippen MR) is 121 cm³/mol. The van der Waals surface area contributed by atoms with E-state index in [9.17, 15) is 0 Å². The molecule has 0 saturated carbocycles. The molecule has 142 valence electrons. The van der Waals surface area contributed by atoms with Gasteiger partial charge in [0.2, 0.25) is 0 Å². The molecule has 0 atom stereocenters. The molecule has 5 heteroatoms. The van der Waals surface area contributed by atoms with Crippen molar-refractivity contribution in [3.05, 3.63) is 70.3 Å². The van der Waals surface area contributed by atoms with Gasteiger partial charge in [-0.25, -0.2) is 9.97 Å². The van der Waals surface area contributed by atoms with Crippen LogP contribution in [-0.2, 0) is 6.42 Å². The molecule has 4 rings (SSSR count). The Morgan fingerprint density at radius 2 is 1.75 bits per heavy atom. The van der Waals surface area contributed by atoms with Crippen molar-refractivity contribution in [2.45, 2.75) is 33.1 Å². The highest BCUT2D eigenvalue weighted by Gasteiger charge is 2.17. The first-order chi connectivity index (χ1) is 13.7. The van der Waals surface area contributed by atoms with Crippen molar-refractivity contribution in [2.75, 3.05) is 5.32 Å². The summed E-state index contributed by atoms with van der Waals surface area (Å²) in [4.78, 5) is 11.3. The van der Waals surface area contributed by atoms with E-state index in [1.54, 1.807) is 17.7 Å². The molecule has 4 aromatic rings. The van der Waals surface area contributed by atoms with Gasteiger partial charge in [-0.05, 0) is 55.2 Å². The van der Waals surface area contributed by atoms with Gasteiger partial charge in [-0.15, -0.1) is 11.3 Å². The van der Waals surface area contributed by atoms with E-state index in [4.69, 9.17) is 11.6 Å². The van der Waals surface area contributed by atoms with Gasteiger partial charge in [0.05, 0.1) is 5.39 Å². The third-order valence-corrected chi connectivity index (χ3v) is 6.10. The second-order valence-corrected chi connectivity index (χ2v) is 8.51. The maximum atomic E-state index is 6.08. The van der Waals surface area contributed by atoms with Crippen LogP contribution >= 0.6 is 22.9 Å². The Labute approximate surface area is 174 Å². The number of nitrogens with one attached hydrogen (secondary N) is 1. The van der Waals surface area contributed by atoms with Crippen LogP contribution in [0, 0.1) is 6.92 Å². The van der Waals surface area contributed by atoms with Crippen LogP contribution in [0.4, 0.5) is 11.5 Å². The van der Waals surface area contributed by atoms with Gasteiger partial charge in [-0.1, -0.05) is 49.2 Å². The quantitative estimate of drug-likeness (QED) is 0.361. The van der Waals surface area contributed by atoms with E-state index in [-0.39, 0.29) is 0 Å². The average molecular weight is 408 g/mol. The Bertz CT molecular complexity index is 1090. The molecule has 0 aliphatic heterocycles. The first kappa shape index (κ1) is 18.9. The largest absolute Gasteiger partial charge is 0.340 e. The fraction of sp³-hybridized carbons (Fsp3) is 0.217. The van der Waals surface area contributed by atoms with Crippen molar-refractivity contribution < 1.29 is 0 Å².